The number of benzene rings is 2. The Morgan fingerprint density at radius 3 is 2.52 bits per heavy atom. The number of para-hydroxylation sites is 1. The number of likely N-dealkylation sites (tertiary alicyclic amines) is 1. The Labute approximate surface area is 185 Å². The van der Waals surface area contributed by atoms with Crippen LogP contribution in [0.4, 0.5) is 0 Å². The van der Waals surface area contributed by atoms with Crippen molar-refractivity contribution in [3.63, 3.8) is 0 Å². The standard InChI is InChI=1S/C25H32N6/c1-2-27-25(29-18-23-7-3-4-8-24(23)31-16-13-26-20-31)28-17-21-9-11-22(12-10-21)19-30-14-5-6-15-30/h3-4,7-13,16,20H,2,5-6,14-15,17-19H2,1H3,(H2,27,28,29). The van der Waals surface area contributed by atoms with Gasteiger partial charge < -0.3 is 15.2 Å². The summed E-state index contributed by atoms with van der Waals surface area (Å²) in [7, 11) is 0. The van der Waals surface area contributed by atoms with Gasteiger partial charge in [-0.25, -0.2) is 9.98 Å². The van der Waals surface area contributed by atoms with Crippen LogP contribution in [0.2, 0.25) is 0 Å². The van der Waals surface area contributed by atoms with Crippen molar-refractivity contribution >= 4 is 5.96 Å². The van der Waals surface area contributed by atoms with Crippen molar-refractivity contribution in [3.05, 3.63) is 83.9 Å². The Kier molecular flexibility index (Phi) is 7.34. The van der Waals surface area contributed by atoms with Gasteiger partial charge in [-0.2, -0.15) is 0 Å². The van der Waals surface area contributed by atoms with Crippen LogP contribution in [0.25, 0.3) is 5.69 Å². The predicted octanol–water partition coefficient (Wildman–Crippen LogP) is 3.72. The van der Waals surface area contributed by atoms with Gasteiger partial charge in [0, 0.05) is 32.0 Å². The van der Waals surface area contributed by atoms with Crippen molar-refractivity contribution in [2.24, 2.45) is 4.99 Å². The maximum Gasteiger partial charge on any atom is 0.191 e. The van der Waals surface area contributed by atoms with Crippen molar-refractivity contribution in [3.8, 4) is 5.69 Å². The van der Waals surface area contributed by atoms with Crippen molar-refractivity contribution in [2.75, 3.05) is 19.6 Å². The zero-order chi connectivity index (χ0) is 21.3. The molecule has 0 spiro atoms. The highest BCUT2D eigenvalue weighted by Gasteiger charge is 2.11. The Morgan fingerprint density at radius 2 is 1.77 bits per heavy atom. The first-order valence-corrected chi connectivity index (χ1v) is 11.2. The minimum absolute atomic E-state index is 0.655. The van der Waals surface area contributed by atoms with Crippen LogP contribution < -0.4 is 10.6 Å². The van der Waals surface area contributed by atoms with Gasteiger partial charge in [-0.1, -0.05) is 42.5 Å². The van der Waals surface area contributed by atoms with Crippen LogP contribution in [0.3, 0.4) is 0 Å². The highest BCUT2D eigenvalue weighted by Crippen LogP contribution is 2.15. The molecule has 1 fully saturated rings. The number of rotatable bonds is 8. The number of guanidine groups is 1. The van der Waals surface area contributed by atoms with Crippen LogP contribution in [-0.2, 0) is 19.6 Å². The van der Waals surface area contributed by atoms with Crippen LogP contribution in [-0.4, -0.2) is 40.0 Å². The quantitative estimate of drug-likeness (QED) is 0.434. The molecule has 1 aliphatic heterocycles. The van der Waals surface area contributed by atoms with Gasteiger partial charge >= 0.3 is 0 Å². The van der Waals surface area contributed by atoms with E-state index in [-0.39, 0.29) is 0 Å². The fraction of sp³-hybridized carbons (Fsp3) is 0.360. The summed E-state index contributed by atoms with van der Waals surface area (Å²) in [6.45, 7) is 7.77. The van der Waals surface area contributed by atoms with Gasteiger partial charge in [0.25, 0.3) is 0 Å². The largest absolute Gasteiger partial charge is 0.357 e. The second-order valence-electron chi connectivity index (χ2n) is 7.95. The number of aromatic nitrogens is 2. The number of hydrogen-bond donors (Lipinski definition) is 2. The average Bonchev–Trinajstić information content (AvgIpc) is 3.51. The molecule has 0 aliphatic carbocycles. The molecule has 4 rings (SSSR count). The van der Waals surface area contributed by atoms with E-state index in [1.54, 1.807) is 6.20 Å². The Balaban J connectivity index is 1.36. The summed E-state index contributed by atoms with van der Waals surface area (Å²) in [5.41, 5.74) is 4.92. The lowest BCUT2D eigenvalue weighted by Gasteiger charge is -2.15. The summed E-state index contributed by atoms with van der Waals surface area (Å²) in [5.74, 6) is 0.823. The van der Waals surface area contributed by atoms with Gasteiger partial charge in [0.2, 0.25) is 0 Å². The van der Waals surface area contributed by atoms with Crippen LogP contribution in [0, 0.1) is 0 Å². The van der Waals surface area contributed by atoms with Crippen LogP contribution >= 0.6 is 0 Å². The molecule has 6 nitrogen and oxygen atoms in total. The van der Waals surface area contributed by atoms with Crippen LogP contribution in [0.15, 0.2) is 72.2 Å². The average molecular weight is 417 g/mol. The zero-order valence-corrected chi connectivity index (χ0v) is 18.3. The lowest BCUT2D eigenvalue weighted by molar-refractivity contribution is 0.331. The summed E-state index contributed by atoms with van der Waals surface area (Å²) >= 11 is 0. The minimum Gasteiger partial charge on any atom is -0.357 e. The molecule has 162 valence electrons. The normalized spacial score (nSPS) is 14.7. The van der Waals surface area contributed by atoms with Crippen LogP contribution in [0.1, 0.15) is 36.5 Å². The molecule has 2 N–H and O–H groups in total. The number of aliphatic imine (C=N–C) groups is 1. The maximum atomic E-state index is 4.79. The van der Waals surface area contributed by atoms with Crippen LogP contribution in [0.5, 0.6) is 0 Å². The summed E-state index contributed by atoms with van der Waals surface area (Å²) in [4.78, 5) is 11.5. The van der Waals surface area contributed by atoms with Crippen molar-refractivity contribution < 1.29 is 0 Å². The van der Waals surface area contributed by atoms with E-state index in [0.29, 0.717) is 13.1 Å². The van der Waals surface area contributed by atoms with E-state index in [2.05, 4.69) is 69.9 Å². The molecule has 1 saturated heterocycles. The molecule has 1 aliphatic rings. The number of nitrogens with one attached hydrogen (secondary N) is 2. The van der Waals surface area contributed by atoms with E-state index in [9.17, 15) is 0 Å². The van der Waals surface area contributed by atoms with E-state index in [1.807, 2.05) is 23.2 Å². The molecule has 0 amide bonds. The van der Waals surface area contributed by atoms with Gasteiger partial charge in [0.15, 0.2) is 5.96 Å². The Bertz CT molecular complexity index is 956. The van der Waals surface area contributed by atoms with E-state index >= 15 is 0 Å². The van der Waals surface area contributed by atoms with Gasteiger partial charge in [-0.15, -0.1) is 0 Å². The highest BCUT2D eigenvalue weighted by molar-refractivity contribution is 5.79. The molecule has 31 heavy (non-hydrogen) atoms. The van der Waals surface area contributed by atoms with Crippen molar-refractivity contribution in [2.45, 2.75) is 39.4 Å². The second-order valence-corrected chi connectivity index (χ2v) is 7.95. The summed E-state index contributed by atoms with van der Waals surface area (Å²) < 4.78 is 2.03. The molecule has 0 unspecified atom stereocenters. The molecule has 6 heteroatoms. The molecule has 3 aromatic rings. The van der Waals surface area contributed by atoms with E-state index < -0.39 is 0 Å². The van der Waals surface area contributed by atoms with Gasteiger partial charge in [-0.05, 0) is 55.6 Å². The van der Waals surface area contributed by atoms with Gasteiger partial charge in [0.05, 0.1) is 18.6 Å². The third-order valence-corrected chi connectivity index (χ3v) is 5.61. The first kappa shape index (κ1) is 21.1. The molecule has 0 atom stereocenters. The summed E-state index contributed by atoms with van der Waals surface area (Å²) in [6, 6.07) is 17.2. The number of nitrogens with zero attached hydrogens (tertiary/aromatic N) is 4. The number of imidazole rings is 1. The lowest BCUT2D eigenvalue weighted by Crippen LogP contribution is -2.37. The fourth-order valence-electron chi connectivity index (χ4n) is 3.95. The van der Waals surface area contributed by atoms with Crippen molar-refractivity contribution in [1.82, 2.24) is 25.1 Å². The Hall–Kier alpha value is -3.12. The molecule has 0 radical (unpaired) electrons. The first-order valence-electron chi connectivity index (χ1n) is 11.2. The Morgan fingerprint density at radius 1 is 1.00 bits per heavy atom. The van der Waals surface area contributed by atoms with E-state index in [4.69, 9.17) is 4.99 Å². The predicted molar refractivity (Wildman–Crippen MR) is 126 cm³/mol. The molecular weight excluding hydrogens is 384 g/mol. The minimum atomic E-state index is 0.655. The van der Waals surface area contributed by atoms with E-state index in [1.165, 1.54) is 42.6 Å². The highest BCUT2D eigenvalue weighted by atomic mass is 15.2. The van der Waals surface area contributed by atoms with E-state index in [0.717, 1.165) is 24.7 Å². The molecule has 0 bridgehead atoms. The molecular formula is C25H32N6. The first-order chi connectivity index (χ1) is 15.3. The fourth-order valence-corrected chi connectivity index (χ4v) is 3.95. The lowest BCUT2D eigenvalue weighted by atomic mass is 10.1. The topological polar surface area (TPSA) is 57.5 Å². The summed E-state index contributed by atoms with van der Waals surface area (Å²) in [6.07, 6.45) is 8.25. The molecule has 2 aromatic carbocycles. The van der Waals surface area contributed by atoms with Crippen molar-refractivity contribution in [1.29, 1.82) is 0 Å². The number of hydrogen-bond acceptors (Lipinski definition) is 3. The maximum absolute atomic E-state index is 4.79. The third kappa shape index (κ3) is 5.95. The second kappa shape index (κ2) is 10.8. The SMILES string of the molecule is CCNC(=NCc1ccc(CN2CCCC2)cc1)NCc1ccccc1-n1ccnc1. The smallest absolute Gasteiger partial charge is 0.191 e. The molecule has 2 heterocycles. The molecule has 1 aromatic heterocycles. The van der Waals surface area contributed by atoms with Gasteiger partial charge in [0.1, 0.15) is 0 Å². The molecule has 0 saturated carbocycles. The zero-order valence-electron chi connectivity index (χ0n) is 18.3. The summed E-state index contributed by atoms with van der Waals surface area (Å²) in [5, 5.41) is 6.82. The third-order valence-electron chi connectivity index (χ3n) is 5.61. The van der Waals surface area contributed by atoms with Gasteiger partial charge in [-0.3, -0.25) is 4.90 Å². The monoisotopic (exact) mass is 416 g/mol.